The molecule has 0 aromatic heterocycles. The van der Waals surface area contributed by atoms with E-state index in [1.54, 1.807) is 6.92 Å². The van der Waals surface area contributed by atoms with Crippen LogP contribution in [0.5, 0.6) is 0 Å². The maximum atomic E-state index is 12.1. The molecule has 0 aromatic rings. The summed E-state index contributed by atoms with van der Waals surface area (Å²) in [6.07, 6.45) is 1.60. The van der Waals surface area contributed by atoms with Crippen molar-refractivity contribution in [3.8, 4) is 0 Å². The van der Waals surface area contributed by atoms with E-state index in [4.69, 9.17) is 4.74 Å². The first-order chi connectivity index (χ1) is 8.05. The van der Waals surface area contributed by atoms with Crippen molar-refractivity contribution in [3.63, 3.8) is 0 Å². The summed E-state index contributed by atoms with van der Waals surface area (Å²) >= 11 is 0. The first-order valence-electron chi connectivity index (χ1n) is 6.45. The van der Waals surface area contributed by atoms with Crippen LogP contribution in [0.2, 0.25) is 0 Å². The maximum Gasteiger partial charge on any atom is 0.323 e. The Kier molecular flexibility index (Phi) is 3.80. The summed E-state index contributed by atoms with van der Waals surface area (Å²) in [6, 6.07) is 0. The number of carboxylic acid groups (broad SMARTS) is 1. The van der Waals surface area contributed by atoms with Crippen LogP contribution in [0.25, 0.3) is 0 Å². The largest absolute Gasteiger partial charge is 0.480 e. The van der Waals surface area contributed by atoms with E-state index < -0.39 is 17.4 Å². The first-order valence-corrected chi connectivity index (χ1v) is 6.45. The molecule has 0 atom stereocenters. The van der Waals surface area contributed by atoms with Crippen molar-refractivity contribution in [2.24, 2.45) is 16.2 Å². The van der Waals surface area contributed by atoms with Crippen molar-refractivity contribution < 1.29 is 19.4 Å². The lowest BCUT2D eigenvalue weighted by atomic mass is 9.55. The summed E-state index contributed by atoms with van der Waals surface area (Å²) in [5.41, 5.74) is -1.74. The van der Waals surface area contributed by atoms with Gasteiger partial charge in [-0.2, -0.15) is 0 Å². The Labute approximate surface area is 109 Å². The predicted octanol–water partition coefficient (Wildman–Crippen LogP) is 2.86. The van der Waals surface area contributed by atoms with Crippen molar-refractivity contribution in [3.05, 3.63) is 0 Å². The average Bonchev–Trinajstić information content (AvgIpc) is 2.12. The van der Waals surface area contributed by atoms with Gasteiger partial charge in [0, 0.05) is 0 Å². The summed E-state index contributed by atoms with van der Waals surface area (Å²) in [5.74, 6) is -1.64. The second-order valence-electron chi connectivity index (χ2n) is 6.97. The minimum Gasteiger partial charge on any atom is -0.480 e. The highest BCUT2D eigenvalue weighted by Gasteiger charge is 2.57. The summed E-state index contributed by atoms with van der Waals surface area (Å²) in [4.78, 5) is 23.8. The monoisotopic (exact) mass is 256 g/mol. The van der Waals surface area contributed by atoms with E-state index >= 15 is 0 Å². The number of ether oxygens (including phenoxy) is 1. The number of rotatable bonds is 3. The van der Waals surface area contributed by atoms with Crippen molar-refractivity contribution in [1.29, 1.82) is 0 Å². The van der Waals surface area contributed by atoms with Gasteiger partial charge in [0.25, 0.3) is 0 Å². The van der Waals surface area contributed by atoms with Crippen molar-refractivity contribution in [2.45, 2.75) is 53.9 Å². The van der Waals surface area contributed by atoms with Gasteiger partial charge in [-0.15, -0.1) is 0 Å². The van der Waals surface area contributed by atoms with Crippen LogP contribution in [0.15, 0.2) is 0 Å². The van der Waals surface area contributed by atoms with Crippen molar-refractivity contribution in [1.82, 2.24) is 0 Å². The zero-order valence-corrected chi connectivity index (χ0v) is 12.0. The fourth-order valence-electron chi connectivity index (χ4n) is 3.77. The molecular weight excluding hydrogens is 232 g/mol. The van der Waals surface area contributed by atoms with Crippen LogP contribution in [0, 0.1) is 16.2 Å². The molecule has 0 spiro atoms. The summed E-state index contributed by atoms with van der Waals surface area (Å²) in [6.45, 7) is 9.99. The topological polar surface area (TPSA) is 63.6 Å². The minimum atomic E-state index is -1.39. The van der Waals surface area contributed by atoms with Gasteiger partial charge in [0.05, 0.1) is 6.61 Å². The highest BCUT2D eigenvalue weighted by atomic mass is 16.5. The van der Waals surface area contributed by atoms with E-state index in [1.165, 1.54) is 0 Å². The van der Waals surface area contributed by atoms with Gasteiger partial charge in [-0.1, -0.05) is 27.7 Å². The molecule has 4 heteroatoms. The molecule has 0 saturated heterocycles. The van der Waals surface area contributed by atoms with Gasteiger partial charge in [-0.25, -0.2) is 0 Å². The van der Waals surface area contributed by atoms with E-state index in [-0.39, 0.29) is 17.4 Å². The zero-order chi connectivity index (χ0) is 14.2. The highest BCUT2D eigenvalue weighted by Crippen LogP contribution is 2.54. The Balaban J connectivity index is 3.18. The third kappa shape index (κ3) is 2.85. The Bertz CT molecular complexity index is 339. The molecular formula is C14H24O4. The molecule has 0 unspecified atom stereocenters. The third-order valence-electron chi connectivity index (χ3n) is 3.59. The van der Waals surface area contributed by atoms with E-state index in [2.05, 4.69) is 0 Å². The summed E-state index contributed by atoms with van der Waals surface area (Å²) < 4.78 is 5.01. The van der Waals surface area contributed by atoms with E-state index in [1.807, 2.05) is 27.7 Å². The van der Waals surface area contributed by atoms with Gasteiger partial charge in [0.15, 0.2) is 5.41 Å². The molecule has 0 aromatic carbocycles. The van der Waals surface area contributed by atoms with Crippen molar-refractivity contribution in [2.75, 3.05) is 6.61 Å². The molecule has 0 bridgehead atoms. The number of aliphatic carboxylic acids is 1. The van der Waals surface area contributed by atoms with Crippen LogP contribution in [-0.2, 0) is 14.3 Å². The van der Waals surface area contributed by atoms with Gasteiger partial charge in [0.2, 0.25) is 0 Å². The Morgan fingerprint density at radius 2 is 1.50 bits per heavy atom. The van der Waals surface area contributed by atoms with Gasteiger partial charge >= 0.3 is 11.9 Å². The van der Waals surface area contributed by atoms with Crippen LogP contribution in [0.4, 0.5) is 0 Å². The number of carbonyl (C=O) groups excluding carboxylic acids is 1. The molecule has 4 nitrogen and oxygen atoms in total. The fraction of sp³-hybridized carbons (Fsp3) is 0.857. The van der Waals surface area contributed by atoms with Gasteiger partial charge in [-0.3, -0.25) is 9.59 Å². The number of hydrogen-bond donors (Lipinski definition) is 1. The predicted molar refractivity (Wildman–Crippen MR) is 68.1 cm³/mol. The van der Waals surface area contributed by atoms with E-state index in [9.17, 15) is 14.7 Å². The average molecular weight is 256 g/mol. The Morgan fingerprint density at radius 1 is 1.06 bits per heavy atom. The standard InChI is InChI=1S/C14H24O4/c1-6-18-11(17)14(10(15)16)8-12(2,3)7-13(4,5)9-14/h6-9H2,1-5H3,(H,15,16). The van der Waals surface area contributed by atoms with E-state index in [0.29, 0.717) is 12.8 Å². The second kappa shape index (κ2) is 4.56. The Hall–Kier alpha value is -1.06. The number of carbonyl (C=O) groups is 2. The second-order valence-corrected chi connectivity index (χ2v) is 6.97. The fourth-order valence-corrected chi connectivity index (χ4v) is 3.77. The minimum absolute atomic E-state index is 0.174. The number of carboxylic acids is 1. The van der Waals surface area contributed by atoms with Crippen LogP contribution >= 0.6 is 0 Å². The summed E-state index contributed by atoms with van der Waals surface area (Å²) in [7, 11) is 0. The lowest BCUT2D eigenvalue weighted by Gasteiger charge is -2.48. The molecule has 1 N–H and O–H groups in total. The first kappa shape index (κ1) is 15.0. The van der Waals surface area contributed by atoms with Gasteiger partial charge in [-0.05, 0) is 37.0 Å². The number of esters is 1. The molecule has 1 aliphatic rings. The SMILES string of the molecule is CCOC(=O)C1(C(=O)O)CC(C)(C)CC(C)(C)C1. The molecule has 1 rings (SSSR count). The molecule has 0 amide bonds. The third-order valence-corrected chi connectivity index (χ3v) is 3.59. The van der Waals surface area contributed by atoms with Crippen LogP contribution in [-0.4, -0.2) is 23.7 Å². The van der Waals surface area contributed by atoms with Gasteiger partial charge in [0.1, 0.15) is 0 Å². The Morgan fingerprint density at radius 3 is 1.83 bits per heavy atom. The molecule has 0 aliphatic heterocycles. The number of hydrogen-bond acceptors (Lipinski definition) is 3. The maximum absolute atomic E-state index is 12.1. The molecule has 1 aliphatic carbocycles. The van der Waals surface area contributed by atoms with E-state index in [0.717, 1.165) is 6.42 Å². The molecule has 0 radical (unpaired) electrons. The van der Waals surface area contributed by atoms with Crippen LogP contribution in [0.3, 0.4) is 0 Å². The smallest absolute Gasteiger partial charge is 0.323 e. The molecule has 18 heavy (non-hydrogen) atoms. The normalized spacial score (nSPS) is 24.3. The lowest BCUT2D eigenvalue weighted by Crippen LogP contribution is -2.51. The molecule has 1 fully saturated rings. The molecule has 0 heterocycles. The highest BCUT2D eigenvalue weighted by molar-refractivity contribution is 5.99. The van der Waals surface area contributed by atoms with Gasteiger partial charge < -0.3 is 9.84 Å². The quantitative estimate of drug-likeness (QED) is 0.623. The summed E-state index contributed by atoms with van der Waals surface area (Å²) in [5, 5.41) is 9.55. The van der Waals surface area contributed by atoms with Crippen LogP contribution in [0.1, 0.15) is 53.9 Å². The zero-order valence-electron chi connectivity index (χ0n) is 12.0. The van der Waals surface area contributed by atoms with Crippen molar-refractivity contribution >= 4 is 11.9 Å². The molecule has 1 saturated carbocycles. The lowest BCUT2D eigenvalue weighted by molar-refractivity contribution is -0.179. The van der Waals surface area contributed by atoms with Crippen LogP contribution < -0.4 is 0 Å². The molecule has 104 valence electrons.